The Kier molecular flexibility index (Phi) is 4.52. The summed E-state index contributed by atoms with van der Waals surface area (Å²) in [6, 6.07) is 1.48. The molecule has 0 bridgehead atoms. The maximum atomic E-state index is 11.8. The van der Waals surface area contributed by atoms with Gasteiger partial charge in [0, 0.05) is 12.6 Å². The van der Waals surface area contributed by atoms with Gasteiger partial charge in [-0.3, -0.25) is 0 Å². The van der Waals surface area contributed by atoms with Crippen molar-refractivity contribution in [1.29, 1.82) is 0 Å². The molecular formula is C10H18N2O3S. The maximum Gasteiger partial charge on any atom is 0.244 e. The van der Waals surface area contributed by atoms with Crippen LogP contribution in [0.25, 0.3) is 0 Å². The van der Waals surface area contributed by atoms with Gasteiger partial charge in [0.1, 0.15) is 16.4 Å². The van der Waals surface area contributed by atoms with Gasteiger partial charge in [-0.25, -0.2) is 13.1 Å². The van der Waals surface area contributed by atoms with Gasteiger partial charge < -0.3 is 10.2 Å². The van der Waals surface area contributed by atoms with E-state index in [0.717, 1.165) is 12.8 Å². The van der Waals surface area contributed by atoms with Crippen LogP contribution in [0.2, 0.25) is 0 Å². The first-order chi connectivity index (χ1) is 7.51. The highest BCUT2D eigenvalue weighted by Gasteiger charge is 2.20. The lowest BCUT2D eigenvalue weighted by Gasteiger charge is -2.03. The highest BCUT2D eigenvalue weighted by Crippen LogP contribution is 2.19. The van der Waals surface area contributed by atoms with Crippen molar-refractivity contribution in [3.8, 4) is 0 Å². The largest absolute Gasteiger partial charge is 0.464 e. The zero-order chi connectivity index (χ0) is 12.2. The van der Waals surface area contributed by atoms with Gasteiger partial charge in [0.15, 0.2) is 0 Å². The average Bonchev–Trinajstić information content (AvgIpc) is 2.60. The fraction of sp³-hybridized carbons (Fsp3) is 0.600. The van der Waals surface area contributed by atoms with E-state index in [9.17, 15) is 8.42 Å². The van der Waals surface area contributed by atoms with E-state index in [1.807, 2.05) is 6.92 Å². The Morgan fingerprint density at radius 1 is 1.50 bits per heavy atom. The van der Waals surface area contributed by atoms with Crippen molar-refractivity contribution in [3.05, 3.63) is 17.6 Å². The summed E-state index contributed by atoms with van der Waals surface area (Å²) in [6.45, 7) is 4.27. The van der Waals surface area contributed by atoms with Crippen molar-refractivity contribution in [2.45, 2.75) is 38.1 Å². The van der Waals surface area contributed by atoms with Crippen molar-refractivity contribution >= 4 is 10.0 Å². The molecule has 0 aliphatic heterocycles. The Morgan fingerprint density at radius 2 is 2.19 bits per heavy atom. The number of unbranched alkanes of at least 4 members (excludes halogenated alkanes) is 1. The molecule has 16 heavy (non-hydrogen) atoms. The number of aryl methyl sites for hydroxylation is 1. The Morgan fingerprint density at radius 3 is 2.69 bits per heavy atom. The Balaban J connectivity index is 2.85. The van der Waals surface area contributed by atoms with Crippen LogP contribution in [0, 0.1) is 6.92 Å². The molecule has 0 radical (unpaired) electrons. The number of nitrogens with two attached hydrogens (primary N) is 1. The third kappa shape index (κ3) is 3.07. The summed E-state index contributed by atoms with van der Waals surface area (Å²) in [5.41, 5.74) is 5.39. The molecule has 0 fully saturated rings. The summed E-state index contributed by atoms with van der Waals surface area (Å²) in [6.07, 6.45) is 1.76. The topological polar surface area (TPSA) is 85.3 Å². The third-order valence-corrected chi connectivity index (χ3v) is 3.80. The molecule has 0 saturated carbocycles. The van der Waals surface area contributed by atoms with Crippen LogP contribution in [0.1, 0.15) is 31.3 Å². The second-order valence-electron chi connectivity index (χ2n) is 3.59. The van der Waals surface area contributed by atoms with E-state index in [4.69, 9.17) is 10.2 Å². The van der Waals surface area contributed by atoms with Crippen molar-refractivity contribution in [2.75, 3.05) is 6.54 Å². The number of hydrogen-bond acceptors (Lipinski definition) is 4. The summed E-state index contributed by atoms with van der Waals surface area (Å²) >= 11 is 0. The molecule has 3 N–H and O–H groups in total. The second kappa shape index (κ2) is 5.47. The van der Waals surface area contributed by atoms with Crippen LogP contribution in [0.15, 0.2) is 15.4 Å². The summed E-state index contributed by atoms with van der Waals surface area (Å²) in [4.78, 5) is 0.184. The molecule has 0 aliphatic rings. The standard InChI is InChI=1S/C10H18N2O3S/c1-3-4-5-12-16(13,14)10-6-9(7-11)15-8(10)2/h6,12H,3-5,7,11H2,1-2H3. The molecule has 1 aromatic heterocycles. The Bertz CT molecular complexity index is 437. The van der Waals surface area contributed by atoms with Crippen LogP contribution < -0.4 is 10.5 Å². The van der Waals surface area contributed by atoms with Crippen LogP contribution in [0.3, 0.4) is 0 Å². The minimum atomic E-state index is -3.45. The van der Waals surface area contributed by atoms with E-state index >= 15 is 0 Å². The Hall–Kier alpha value is -0.850. The second-order valence-corrected chi connectivity index (χ2v) is 5.32. The van der Waals surface area contributed by atoms with Gasteiger partial charge in [0.05, 0.1) is 6.54 Å². The predicted octanol–water partition coefficient (Wildman–Crippen LogP) is 1.13. The SMILES string of the molecule is CCCCNS(=O)(=O)c1cc(CN)oc1C. The molecule has 5 nitrogen and oxygen atoms in total. The van der Waals surface area contributed by atoms with Crippen molar-refractivity contribution in [3.63, 3.8) is 0 Å². The van der Waals surface area contributed by atoms with E-state index in [0.29, 0.717) is 18.1 Å². The first-order valence-corrected chi connectivity index (χ1v) is 6.78. The summed E-state index contributed by atoms with van der Waals surface area (Å²) < 4.78 is 31.4. The first kappa shape index (κ1) is 13.2. The van der Waals surface area contributed by atoms with E-state index in [-0.39, 0.29) is 11.4 Å². The smallest absolute Gasteiger partial charge is 0.244 e. The van der Waals surface area contributed by atoms with Crippen LogP contribution in [-0.2, 0) is 16.6 Å². The van der Waals surface area contributed by atoms with Gasteiger partial charge in [-0.05, 0) is 13.3 Å². The highest BCUT2D eigenvalue weighted by atomic mass is 32.2. The van der Waals surface area contributed by atoms with E-state index < -0.39 is 10.0 Å². The molecule has 92 valence electrons. The molecular weight excluding hydrogens is 228 g/mol. The number of nitrogens with one attached hydrogen (secondary N) is 1. The zero-order valence-corrected chi connectivity index (χ0v) is 10.4. The van der Waals surface area contributed by atoms with E-state index in [2.05, 4.69) is 4.72 Å². The van der Waals surface area contributed by atoms with Crippen molar-refractivity contribution < 1.29 is 12.8 Å². The fourth-order valence-corrected chi connectivity index (χ4v) is 2.63. The third-order valence-electron chi connectivity index (χ3n) is 2.24. The van der Waals surface area contributed by atoms with Gasteiger partial charge in [-0.15, -0.1) is 0 Å². The number of hydrogen-bond donors (Lipinski definition) is 2. The zero-order valence-electron chi connectivity index (χ0n) is 9.62. The molecule has 0 aromatic carbocycles. The lowest BCUT2D eigenvalue weighted by atomic mass is 10.3. The number of rotatable bonds is 6. The normalized spacial score (nSPS) is 11.9. The molecule has 6 heteroatoms. The molecule has 1 aromatic rings. The van der Waals surface area contributed by atoms with Gasteiger partial charge >= 0.3 is 0 Å². The molecule has 1 heterocycles. The van der Waals surface area contributed by atoms with Crippen LogP contribution >= 0.6 is 0 Å². The molecule has 0 aliphatic carbocycles. The first-order valence-electron chi connectivity index (χ1n) is 5.30. The van der Waals surface area contributed by atoms with Crippen LogP contribution in [0.5, 0.6) is 0 Å². The average molecular weight is 246 g/mol. The van der Waals surface area contributed by atoms with Gasteiger partial charge in [-0.2, -0.15) is 0 Å². The van der Waals surface area contributed by atoms with E-state index in [1.54, 1.807) is 6.92 Å². The van der Waals surface area contributed by atoms with Gasteiger partial charge in [0.2, 0.25) is 10.0 Å². The quantitative estimate of drug-likeness (QED) is 0.737. The van der Waals surface area contributed by atoms with Crippen LogP contribution in [0.4, 0.5) is 0 Å². The Labute approximate surface area is 96.1 Å². The summed E-state index contributed by atoms with van der Waals surface area (Å²) in [5.74, 6) is 0.859. The molecule has 1 rings (SSSR count). The molecule has 0 saturated heterocycles. The highest BCUT2D eigenvalue weighted by molar-refractivity contribution is 7.89. The number of sulfonamides is 1. The number of furan rings is 1. The minimum Gasteiger partial charge on any atom is -0.464 e. The van der Waals surface area contributed by atoms with Crippen LogP contribution in [-0.4, -0.2) is 15.0 Å². The molecule has 0 spiro atoms. The lowest BCUT2D eigenvalue weighted by molar-refractivity contribution is 0.478. The maximum absolute atomic E-state index is 11.8. The summed E-state index contributed by atoms with van der Waals surface area (Å²) in [7, 11) is -3.45. The van der Waals surface area contributed by atoms with E-state index in [1.165, 1.54) is 6.07 Å². The predicted molar refractivity (Wildman–Crippen MR) is 61.4 cm³/mol. The van der Waals surface area contributed by atoms with Crippen molar-refractivity contribution in [1.82, 2.24) is 4.72 Å². The van der Waals surface area contributed by atoms with Crippen molar-refractivity contribution in [2.24, 2.45) is 5.73 Å². The van der Waals surface area contributed by atoms with Gasteiger partial charge in [0.25, 0.3) is 0 Å². The monoisotopic (exact) mass is 246 g/mol. The summed E-state index contributed by atoms with van der Waals surface area (Å²) in [5, 5.41) is 0. The lowest BCUT2D eigenvalue weighted by Crippen LogP contribution is -2.24. The minimum absolute atomic E-state index is 0.184. The fourth-order valence-electron chi connectivity index (χ4n) is 1.35. The molecule has 0 unspecified atom stereocenters. The molecule has 0 atom stereocenters. The molecule has 0 amide bonds. The van der Waals surface area contributed by atoms with Gasteiger partial charge in [-0.1, -0.05) is 13.3 Å².